The number of hydrogen-bond donors (Lipinski definition) is 2. The van der Waals surface area contributed by atoms with Gasteiger partial charge >= 0.3 is 6.09 Å². The Morgan fingerprint density at radius 1 is 1.18 bits per heavy atom. The summed E-state index contributed by atoms with van der Waals surface area (Å²) < 4.78 is 21.6. The average molecular weight is 487 g/mol. The van der Waals surface area contributed by atoms with Crippen molar-refractivity contribution < 1.29 is 18.7 Å². The van der Waals surface area contributed by atoms with E-state index in [0.717, 1.165) is 11.6 Å². The summed E-state index contributed by atoms with van der Waals surface area (Å²) in [5, 5.41) is 9.91. The second-order valence-electron chi connectivity index (χ2n) is 8.90. The Labute approximate surface area is 203 Å². The highest BCUT2D eigenvalue weighted by Crippen LogP contribution is 2.29. The molecule has 2 aromatic carbocycles. The first-order valence-corrected chi connectivity index (χ1v) is 11.2. The van der Waals surface area contributed by atoms with Crippen LogP contribution in [0.25, 0.3) is 11.3 Å². The van der Waals surface area contributed by atoms with Gasteiger partial charge < -0.3 is 15.4 Å². The molecule has 1 atom stereocenters. The van der Waals surface area contributed by atoms with Gasteiger partial charge in [-0.15, -0.1) is 0 Å². The molecule has 0 radical (unpaired) electrons. The molecule has 1 heterocycles. The summed E-state index contributed by atoms with van der Waals surface area (Å²) >= 11 is 6.13. The average Bonchev–Trinajstić information content (AvgIpc) is 3.09. The van der Waals surface area contributed by atoms with E-state index in [-0.39, 0.29) is 17.7 Å². The number of benzene rings is 2. The first kappa shape index (κ1) is 25.2. The van der Waals surface area contributed by atoms with Crippen LogP contribution in [0.3, 0.4) is 0 Å². The monoisotopic (exact) mass is 486 g/mol. The second-order valence-corrected chi connectivity index (χ2v) is 9.31. The molecule has 0 fully saturated rings. The molecule has 1 aromatic heterocycles. The molecule has 0 aliphatic carbocycles. The lowest BCUT2D eigenvalue weighted by Gasteiger charge is -2.23. The molecule has 34 heavy (non-hydrogen) atoms. The smallest absolute Gasteiger partial charge is 0.407 e. The second kappa shape index (κ2) is 10.7. The molecule has 0 bridgehead atoms. The lowest BCUT2D eigenvalue weighted by Crippen LogP contribution is -2.46. The molecular formula is C25H28ClFN4O3. The molecule has 2 amide bonds. The van der Waals surface area contributed by atoms with Crippen LogP contribution in [-0.4, -0.2) is 40.0 Å². The number of hydrogen-bond acceptors (Lipinski definition) is 4. The Morgan fingerprint density at radius 2 is 1.88 bits per heavy atom. The number of carbonyl (C=O) groups excluding carboxylic acids is 2. The minimum absolute atomic E-state index is 0.140. The summed E-state index contributed by atoms with van der Waals surface area (Å²) in [6.45, 7) is 5.45. The molecule has 7 nitrogen and oxygen atoms in total. The first-order valence-electron chi connectivity index (χ1n) is 10.8. The predicted octanol–water partition coefficient (Wildman–Crippen LogP) is 4.75. The van der Waals surface area contributed by atoms with Crippen LogP contribution in [0.4, 0.5) is 9.18 Å². The van der Waals surface area contributed by atoms with Gasteiger partial charge in [0.2, 0.25) is 0 Å². The molecule has 0 aliphatic rings. The van der Waals surface area contributed by atoms with Crippen molar-refractivity contribution >= 4 is 23.6 Å². The molecule has 2 N–H and O–H groups in total. The van der Waals surface area contributed by atoms with Gasteiger partial charge in [-0.1, -0.05) is 41.9 Å². The Hall–Kier alpha value is -3.39. The molecule has 180 valence electrons. The first-order chi connectivity index (χ1) is 16.0. The van der Waals surface area contributed by atoms with Crippen LogP contribution in [0.5, 0.6) is 0 Å². The summed E-state index contributed by atoms with van der Waals surface area (Å²) in [4.78, 5) is 25.0. The topological polar surface area (TPSA) is 85.3 Å². The van der Waals surface area contributed by atoms with Crippen molar-refractivity contribution in [1.29, 1.82) is 0 Å². The summed E-state index contributed by atoms with van der Waals surface area (Å²) in [6, 6.07) is 13.3. The molecule has 3 rings (SSSR count). The maximum absolute atomic E-state index is 14.9. The third-order valence-corrected chi connectivity index (χ3v) is 5.21. The highest BCUT2D eigenvalue weighted by Gasteiger charge is 2.21. The Balaban J connectivity index is 1.75. The summed E-state index contributed by atoms with van der Waals surface area (Å²) in [6.07, 6.45) is 1.32. The molecule has 0 aliphatic heterocycles. The quantitative estimate of drug-likeness (QED) is 0.505. The van der Waals surface area contributed by atoms with Crippen LogP contribution in [0.1, 0.15) is 36.7 Å². The Kier molecular flexibility index (Phi) is 7.94. The van der Waals surface area contributed by atoms with Crippen LogP contribution in [-0.2, 0) is 18.2 Å². The van der Waals surface area contributed by atoms with Gasteiger partial charge in [-0.25, -0.2) is 9.18 Å². The summed E-state index contributed by atoms with van der Waals surface area (Å²) in [7, 11) is 1.66. The number of rotatable bonds is 7. The van der Waals surface area contributed by atoms with E-state index in [4.69, 9.17) is 16.3 Å². The van der Waals surface area contributed by atoms with E-state index >= 15 is 0 Å². The van der Waals surface area contributed by atoms with Crippen LogP contribution >= 0.6 is 11.6 Å². The van der Waals surface area contributed by atoms with Gasteiger partial charge in [-0.3, -0.25) is 9.48 Å². The fourth-order valence-corrected chi connectivity index (χ4v) is 3.69. The number of nitrogens with one attached hydrogen (secondary N) is 2. The zero-order valence-corrected chi connectivity index (χ0v) is 20.3. The maximum Gasteiger partial charge on any atom is 0.407 e. The van der Waals surface area contributed by atoms with Gasteiger partial charge in [0.15, 0.2) is 0 Å². The third kappa shape index (κ3) is 6.81. The van der Waals surface area contributed by atoms with Crippen molar-refractivity contribution in [3.05, 3.63) is 76.7 Å². The van der Waals surface area contributed by atoms with E-state index in [0.29, 0.717) is 17.1 Å². The van der Waals surface area contributed by atoms with Crippen molar-refractivity contribution in [1.82, 2.24) is 20.4 Å². The Morgan fingerprint density at radius 3 is 2.47 bits per heavy atom. The largest absolute Gasteiger partial charge is 0.444 e. The van der Waals surface area contributed by atoms with Crippen LogP contribution < -0.4 is 10.6 Å². The van der Waals surface area contributed by atoms with Gasteiger partial charge in [-0.2, -0.15) is 5.10 Å². The number of alkyl carbamates (subject to hydrolysis) is 1. The predicted molar refractivity (Wildman–Crippen MR) is 129 cm³/mol. The molecular weight excluding hydrogens is 459 g/mol. The lowest BCUT2D eigenvalue weighted by molar-refractivity contribution is 0.0519. The SMILES string of the molecule is Cn1ncc(Cl)c1-c1ccc(C(=O)NC(CNC(=O)OC(C)(C)C)Cc2ccccc2)cc1F. The summed E-state index contributed by atoms with van der Waals surface area (Å²) in [5.41, 5.74) is 1.16. The molecule has 0 saturated heterocycles. The van der Waals surface area contributed by atoms with Gasteiger partial charge in [0.1, 0.15) is 11.4 Å². The van der Waals surface area contributed by atoms with Crippen molar-refractivity contribution in [3.8, 4) is 11.3 Å². The van der Waals surface area contributed by atoms with E-state index in [1.165, 1.54) is 23.0 Å². The standard InChI is InChI=1S/C25H28ClFN4O3/c1-25(2,3)34-24(33)28-14-18(12-16-8-6-5-7-9-16)30-23(32)17-10-11-19(21(27)13-17)22-20(26)15-29-31(22)4/h5-11,13,15,18H,12,14H2,1-4H3,(H,28,33)(H,30,32). The van der Waals surface area contributed by atoms with Gasteiger partial charge in [-0.05, 0) is 51.0 Å². The van der Waals surface area contributed by atoms with E-state index < -0.39 is 29.5 Å². The minimum Gasteiger partial charge on any atom is -0.444 e. The molecule has 9 heteroatoms. The highest BCUT2D eigenvalue weighted by atomic mass is 35.5. The van der Waals surface area contributed by atoms with Gasteiger partial charge in [0.25, 0.3) is 5.91 Å². The van der Waals surface area contributed by atoms with Crippen molar-refractivity contribution in [2.75, 3.05) is 6.54 Å². The van der Waals surface area contributed by atoms with Crippen molar-refractivity contribution in [2.24, 2.45) is 7.05 Å². The number of carbonyl (C=O) groups is 2. The third-order valence-electron chi connectivity index (χ3n) is 4.93. The van der Waals surface area contributed by atoms with E-state index in [1.54, 1.807) is 27.8 Å². The van der Waals surface area contributed by atoms with Gasteiger partial charge in [0, 0.05) is 24.7 Å². The fourth-order valence-electron chi connectivity index (χ4n) is 3.42. The zero-order valence-electron chi connectivity index (χ0n) is 19.6. The van der Waals surface area contributed by atoms with Crippen LogP contribution in [0, 0.1) is 5.82 Å². The van der Waals surface area contributed by atoms with E-state index in [9.17, 15) is 14.0 Å². The molecule has 3 aromatic rings. The Bertz CT molecular complexity index is 1140. The maximum atomic E-state index is 14.9. The van der Waals surface area contributed by atoms with Crippen molar-refractivity contribution in [2.45, 2.75) is 38.8 Å². The van der Waals surface area contributed by atoms with Crippen LogP contribution in [0.15, 0.2) is 54.7 Å². The van der Waals surface area contributed by atoms with Crippen molar-refractivity contribution in [3.63, 3.8) is 0 Å². The number of aryl methyl sites for hydroxylation is 1. The fraction of sp³-hybridized carbons (Fsp3) is 0.320. The van der Waals surface area contributed by atoms with E-state index in [1.807, 2.05) is 30.3 Å². The summed E-state index contributed by atoms with van der Waals surface area (Å²) in [5.74, 6) is -1.06. The number of aromatic nitrogens is 2. The number of halogens is 2. The number of ether oxygens (including phenoxy) is 1. The molecule has 1 unspecified atom stereocenters. The van der Waals surface area contributed by atoms with Gasteiger partial charge in [0.05, 0.1) is 23.0 Å². The normalized spacial score (nSPS) is 12.2. The van der Waals surface area contributed by atoms with Crippen LogP contribution in [0.2, 0.25) is 5.02 Å². The molecule has 0 saturated carbocycles. The molecule has 0 spiro atoms. The highest BCUT2D eigenvalue weighted by molar-refractivity contribution is 6.33. The van der Waals surface area contributed by atoms with E-state index in [2.05, 4.69) is 15.7 Å². The minimum atomic E-state index is -0.641. The zero-order chi connectivity index (χ0) is 24.9. The lowest BCUT2D eigenvalue weighted by atomic mass is 10.0. The number of amides is 2. The number of nitrogens with zero attached hydrogens (tertiary/aromatic N) is 2.